The average molecular weight is 326 g/mol. The van der Waals surface area contributed by atoms with E-state index in [0.29, 0.717) is 19.7 Å². The Bertz CT molecular complexity index is 334. The Morgan fingerprint density at radius 2 is 1.61 bits per heavy atom. The number of hydrogen-bond donors (Lipinski definition) is 2. The molecule has 1 saturated heterocycles. The number of unbranched alkanes of at least 4 members (excludes halogenated alkanes) is 9. The summed E-state index contributed by atoms with van der Waals surface area (Å²) in [6, 6.07) is -0.427. The third-order valence-corrected chi connectivity index (χ3v) is 4.26. The molecule has 0 aromatic carbocycles. The van der Waals surface area contributed by atoms with Crippen LogP contribution in [0.5, 0.6) is 0 Å². The number of hydrogen-bond acceptors (Lipinski definition) is 4. The van der Waals surface area contributed by atoms with Crippen LogP contribution in [0.1, 0.15) is 77.6 Å². The van der Waals surface area contributed by atoms with Crippen LogP contribution in [0, 0.1) is 0 Å². The zero-order chi connectivity index (χ0) is 16.8. The summed E-state index contributed by atoms with van der Waals surface area (Å²) < 4.78 is 5.21. The number of amides is 1. The van der Waals surface area contributed by atoms with Crippen molar-refractivity contribution in [2.45, 2.75) is 83.6 Å². The zero-order valence-electron chi connectivity index (χ0n) is 14.7. The van der Waals surface area contributed by atoms with Crippen LogP contribution < -0.4 is 10.6 Å². The van der Waals surface area contributed by atoms with Gasteiger partial charge in [0.05, 0.1) is 19.1 Å². The van der Waals surface area contributed by atoms with Gasteiger partial charge in [0.15, 0.2) is 0 Å². The van der Waals surface area contributed by atoms with Gasteiger partial charge in [-0.1, -0.05) is 64.7 Å². The van der Waals surface area contributed by atoms with Crippen molar-refractivity contribution in [2.75, 3.05) is 19.7 Å². The van der Waals surface area contributed by atoms with E-state index in [4.69, 9.17) is 4.74 Å². The van der Waals surface area contributed by atoms with Crippen LogP contribution in [-0.2, 0) is 14.3 Å². The highest BCUT2D eigenvalue weighted by molar-refractivity contribution is 5.87. The van der Waals surface area contributed by atoms with Crippen LogP contribution in [0.15, 0.2) is 0 Å². The van der Waals surface area contributed by atoms with Gasteiger partial charge in [-0.2, -0.15) is 0 Å². The zero-order valence-corrected chi connectivity index (χ0v) is 14.7. The summed E-state index contributed by atoms with van der Waals surface area (Å²) in [6.07, 6.45) is 12.8. The van der Waals surface area contributed by atoms with Gasteiger partial charge in [-0.25, -0.2) is 0 Å². The summed E-state index contributed by atoms with van der Waals surface area (Å²) in [7, 11) is 0. The molecular weight excluding hydrogens is 292 g/mol. The van der Waals surface area contributed by atoms with Crippen LogP contribution in [-0.4, -0.2) is 37.6 Å². The Hall–Kier alpha value is -1.10. The molecule has 0 saturated carbocycles. The van der Waals surface area contributed by atoms with E-state index in [1.54, 1.807) is 0 Å². The highest BCUT2D eigenvalue weighted by Crippen LogP contribution is 2.10. The lowest BCUT2D eigenvalue weighted by Crippen LogP contribution is -2.53. The van der Waals surface area contributed by atoms with Crippen LogP contribution in [0.2, 0.25) is 0 Å². The van der Waals surface area contributed by atoms with Gasteiger partial charge in [-0.3, -0.25) is 9.59 Å². The largest absolute Gasteiger partial charge is 0.466 e. The van der Waals surface area contributed by atoms with E-state index < -0.39 is 6.04 Å². The SMILES string of the molecule is CCCCCCCCCCCCOC(=O)C[C@H]1NCCNC1=O. The van der Waals surface area contributed by atoms with Crippen LogP contribution in [0.4, 0.5) is 0 Å². The molecule has 2 N–H and O–H groups in total. The highest BCUT2D eigenvalue weighted by atomic mass is 16.5. The second-order valence-electron chi connectivity index (χ2n) is 6.40. The lowest BCUT2D eigenvalue weighted by molar-refractivity contribution is -0.146. The molecule has 23 heavy (non-hydrogen) atoms. The molecular formula is C18H34N2O3. The van der Waals surface area contributed by atoms with E-state index in [1.807, 2.05) is 0 Å². The van der Waals surface area contributed by atoms with Crippen molar-refractivity contribution in [1.29, 1.82) is 0 Å². The number of piperazine rings is 1. The summed E-state index contributed by atoms with van der Waals surface area (Å²) in [5.74, 6) is -0.386. The molecule has 1 aliphatic heterocycles. The molecule has 0 aromatic heterocycles. The van der Waals surface area contributed by atoms with Crippen LogP contribution in [0.25, 0.3) is 0 Å². The molecule has 1 fully saturated rings. The lowest BCUT2D eigenvalue weighted by Gasteiger charge is -2.22. The second kappa shape index (κ2) is 13.3. The topological polar surface area (TPSA) is 67.4 Å². The molecule has 1 heterocycles. The highest BCUT2D eigenvalue weighted by Gasteiger charge is 2.24. The van der Waals surface area contributed by atoms with Crippen LogP contribution in [0.3, 0.4) is 0 Å². The Morgan fingerprint density at radius 3 is 2.22 bits per heavy atom. The molecule has 5 heteroatoms. The van der Waals surface area contributed by atoms with Crippen molar-refractivity contribution in [1.82, 2.24) is 10.6 Å². The third kappa shape index (κ3) is 10.3. The van der Waals surface area contributed by atoms with Gasteiger partial charge >= 0.3 is 5.97 Å². The molecule has 0 aromatic rings. The lowest BCUT2D eigenvalue weighted by atomic mass is 10.1. The molecule has 0 spiro atoms. The standard InChI is InChI=1S/C18H34N2O3/c1-2-3-4-5-6-7-8-9-10-11-14-23-17(21)15-16-18(22)20-13-12-19-16/h16,19H,2-15H2,1H3,(H,20,22)/t16-/m1/s1. The summed E-state index contributed by atoms with van der Waals surface area (Å²) in [6.45, 7) is 4.06. The van der Waals surface area contributed by atoms with Gasteiger partial charge < -0.3 is 15.4 Å². The van der Waals surface area contributed by atoms with Gasteiger partial charge in [0.2, 0.25) is 5.91 Å². The van der Waals surface area contributed by atoms with Gasteiger partial charge in [0.25, 0.3) is 0 Å². The first-order valence-electron chi connectivity index (χ1n) is 9.40. The minimum absolute atomic E-state index is 0.105. The molecule has 0 radical (unpaired) electrons. The van der Waals surface area contributed by atoms with Gasteiger partial charge in [0.1, 0.15) is 0 Å². The van der Waals surface area contributed by atoms with Crippen molar-refractivity contribution >= 4 is 11.9 Å². The minimum atomic E-state index is -0.427. The van der Waals surface area contributed by atoms with E-state index >= 15 is 0 Å². The van der Waals surface area contributed by atoms with Crippen molar-refractivity contribution in [2.24, 2.45) is 0 Å². The fourth-order valence-electron chi connectivity index (χ4n) is 2.81. The van der Waals surface area contributed by atoms with E-state index in [9.17, 15) is 9.59 Å². The summed E-state index contributed by atoms with van der Waals surface area (Å²) in [4.78, 5) is 23.2. The van der Waals surface area contributed by atoms with E-state index in [1.165, 1.54) is 51.4 Å². The Morgan fingerprint density at radius 1 is 1.00 bits per heavy atom. The first-order valence-corrected chi connectivity index (χ1v) is 9.40. The molecule has 5 nitrogen and oxygen atoms in total. The summed E-state index contributed by atoms with van der Waals surface area (Å²) in [5.41, 5.74) is 0. The van der Waals surface area contributed by atoms with Gasteiger partial charge in [-0.15, -0.1) is 0 Å². The number of esters is 1. The maximum absolute atomic E-state index is 11.7. The van der Waals surface area contributed by atoms with E-state index in [-0.39, 0.29) is 18.3 Å². The maximum Gasteiger partial charge on any atom is 0.307 e. The van der Waals surface area contributed by atoms with Gasteiger partial charge in [-0.05, 0) is 6.42 Å². The fourth-order valence-corrected chi connectivity index (χ4v) is 2.81. The molecule has 0 bridgehead atoms. The quantitative estimate of drug-likeness (QED) is 0.403. The maximum atomic E-state index is 11.7. The molecule has 0 unspecified atom stereocenters. The molecule has 1 aliphatic rings. The Kier molecular flexibility index (Phi) is 11.6. The fraction of sp³-hybridized carbons (Fsp3) is 0.889. The van der Waals surface area contributed by atoms with Gasteiger partial charge in [0, 0.05) is 13.1 Å². The van der Waals surface area contributed by atoms with Crippen molar-refractivity contribution in [3.05, 3.63) is 0 Å². The second-order valence-corrected chi connectivity index (χ2v) is 6.40. The number of rotatable bonds is 13. The number of carbonyl (C=O) groups excluding carboxylic acids is 2. The van der Waals surface area contributed by atoms with E-state index in [2.05, 4.69) is 17.6 Å². The summed E-state index contributed by atoms with van der Waals surface area (Å²) in [5, 5.41) is 5.77. The molecule has 1 atom stereocenters. The molecule has 1 rings (SSSR count). The Balaban J connectivity index is 1.86. The predicted molar refractivity (Wildman–Crippen MR) is 92.2 cm³/mol. The molecule has 134 valence electrons. The van der Waals surface area contributed by atoms with Crippen molar-refractivity contribution < 1.29 is 14.3 Å². The average Bonchev–Trinajstić information content (AvgIpc) is 2.55. The molecule has 1 amide bonds. The molecule has 0 aliphatic carbocycles. The third-order valence-electron chi connectivity index (χ3n) is 4.26. The minimum Gasteiger partial charge on any atom is -0.466 e. The van der Waals surface area contributed by atoms with Crippen molar-refractivity contribution in [3.8, 4) is 0 Å². The number of ether oxygens (including phenoxy) is 1. The van der Waals surface area contributed by atoms with E-state index in [0.717, 1.165) is 12.8 Å². The first-order chi connectivity index (χ1) is 11.2. The number of nitrogens with one attached hydrogen (secondary N) is 2. The number of carbonyl (C=O) groups is 2. The smallest absolute Gasteiger partial charge is 0.307 e. The first kappa shape index (κ1) is 19.9. The predicted octanol–water partition coefficient (Wildman–Crippen LogP) is 2.93. The normalized spacial score (nSPS) is 17.8. The van der Waals surface area contributed by atoms with Crippen molar-refractivity contribution in [3.63, 3.8) is 0 Å². The van der Waals surface area contributed by atoms with Crippen LogP contribution >= 0.6 is 0 Å². The Labute approximate surface area is 140 Å². The monoisotopic (exact) mass is 326 g/mol. The summed E-state index contributed by atoms with van der Waals surface area (Å²) >= 11 is 0.